The second-order valence-electron chi connectivity index (χ2n) is 6.13. The molecule has 1 N–H and O–H groups in total. The summed E-state index contributed by atoms with van der Waals surface area (Å²) in [6, 6.07) is 8.49. The molecule has 2 nitrogen and oxygen atoms in total. The molecule has 3 rings (SSSR count). The van der Waals surface area contributed by atoms with Crippen LogP contribution in [0.2, 0.25) is 0 Å². The first-order valence-corrected chi connectivity index (χ1v) is 8.71. The fraction of sp³-hybridized carbons (Fsp3) is 0.353. The molecule has 0 saturated heterocycles. The van der Waals surface area contributed by atoms with E-state index in [4.69, 9.17) is 0 Å². The van der Waals surface area contributed by atoms with Crippen molar-refractivity contribution in [2.75, 3.05) is 5.32 Å². The summed E-state index contributed by atoms with van der Waals surface area (Å²) in [6.45, 7) is 8.24. The Morgan fingerprint density at radius 2 is 1.95 bits per heavy atom. The Labute approximate surface area is 137 Å². The molecule has 4 heteroatoms. The summed E-state index contributed by atoms with van der Waals surface area (Å²) in [5.74, 6) is 0.0728. The second-order valence-corrected chi connectivity index (χ2v) is 8.34. The van der Waals surface area contributed by atoms with Crippen molar-refractivity contribution in [3.63, 3.8) is 0 Å². The van der Waals surface area contributed by atoms with Crippen LogP contribution >= 0.6 is 27.3 Å². The van der Waals surface area contributed by atoms with E-state index in [1.54, 1.807) is 0 Å². The third kappa shape index (κ3) is 2.34. The zero-order valence-electron chi connectivity index (χ0n) is 12.6. The molecule has 1 aliphatic rings. The lowest BCUT2D eigenvalue weighted by Crippen LogP contribution is -2.26. The fourth-order valence-electron chi connectivity index (χ4n) is 2.64. The van der Waals surface area contributed by atoms with E-state index in [2.05, 4.69) is 53.3 Å². The number of carbonyl (C=O) groups excluding carboxylic acids is 1. The number of hydrogen-bond donors (Lipinski definition) is 1. The molecule has 110 valence electrons. The summed E-state index contributed by atoms with van der Waals surface area (Å²) in [4.78, 5) is 14.9. The van der Waals surface area contributed by atoms with Crippen molar-refractivity contribution in [3.05, 3.63) is 50.7 Å². The van der Waals surface area contributed by atoms with Crippen molar-refractivity contribution in [2.24, 2.45) is 0 Å². The van der Waals surface area contributed by atoms with Crippen LogP contribution in [0.3, 0.4) is 0 Å². The van der Waals surface area contributed by atoms with E-state index >= 15 is 0 Å². The first-order valence-electron chi connectivity index (χ1n) is 6.97. The third-order valence-corrected chi connectivity index (χ3v) is 6.80. The average Bonchev–Trinajstić information content (AvgIpc) is 2.88. The van der Waals surface area contributed by atoms with Gasteiger partial charge in [0.05, 0.1) is 10.2 Å². The van der Waals surface area contributed by atoms with Crippen LogP contribution in [-0.2, 0) is 10.2 Å². The van der Waals surface area contributed by atoms with Crippen LogP contribution < -0.4 is 5.32 Å². The predicted molar refractivity (Wildman–Crippen MR) is 92.7 cm³/mol. The molecule has 1 unspecified atom stereocenters. The molecule has 1 atom stereocenters. The van der Waals surface area contributed by atoms with Crippen LogP contribution in [0.15, 0.2) is 24.3 Å². The molecule has 0 spiro atoms. The summed E-state index contributed by atoms with van der Waals surface area (Å²) in [5.41, 5.74) is 4.09. The van der Waals surface area contributed by atoms with Crippen molar-refractivity contribution in [2.45, 2.75) is 37.9 Å². The maximum Gasteiger partial charge on any atom is 0.234 e. The van der Waals surface area contributed by atoms with Crippen LogP contribution in [-0.4, -0.2) is 5.91 Å². The van der Waals surface area contributed by atoms with Gasteiger partial charge in [0.1, 0.15) is 0 Å². The number of aryl methyl sites for hydroxylation is 2. The van der Waals surface area contributed by atoms with Crippen molar-refractivity contribution in [3.8, 4) is 0 Å². The average molecular weight is 364 g/mol. The lowest BCUT2D eigenvalue weighted by Gasteiger charge is -2.17. The fourth-order valence-corrected chi connectivity index (χ4v) is 4.38. The molecule has 1 aliphatic heterocycles. The number of hydrogen-bond acceptors (Lipinski definition) is 2. The second kappa shape index (κ2) is 4.96. The summed E-state index contributed by atoms with van der Waals surface area (Å²) < 4.78 is 0. The van der Waals surface area contributed by atoms with Gasteiger partial charge in [-0.3, -0.25) is 4.79 Å². The number of alkyl halides is 1. The number of rotatable bonds is 2. The van der Waals surface area contributed by atoms with Crippen molar-refractivity contribution >= 4 is 38.9 Å². The Kier molecular flexibility index (Phi) is 3.49. The number of fused-ring (bicyclic) bond motifs is 1. The molecule has 0 fully saturated rings. The third-order valence-electron chi connectivity index (χ3n) is 4.26. The van der Waals surface area contributed by atoms with Gasteiger partial charge < -0.3 is 5.32 Å². The normalized spacial score (nSPS) is 17.5. The molecule has 2 aromatic rings. The Balaban J connectivity index is 2.02. The standard InChI is InChI=1S/C17H18BrNOS/c1-9-7-14(21-10(9)2)15(18)11-5-6-13-12(8-11)17(3,4)16(20)19-13/h5-8,15H,1-4H3,(H,19,20). The van der Waals surface area contributed by atoms with Gasteiger partial charge in [0.15, 0.2) is 0 Å². The van der Waals surface area contributed by atoms with Gasteiger partial charge in [0, 0.05) is 15.4 Å². The zero-order valence-corrected chi connectivity index (χ0v) is 15.0. The van der Waals surface area contributed by atoms with E-state index in [0.717, 1.165) is 11.3 Å². The van der Waals surface area contributed by atoms with Gasteiger partial charge in [0.2, 0.25) is 5.91 Å². The van der Waals surface area contributed by atoms with Gasteiger partial charge in [-0.05, 0) is 56.5 Å². The highest BCUT2D eigenvalue weighted by atomic mass is 79.9. The smallest absolute Gasteiger partial charge is 0.234 e. The molecule has 21 heavy (non-hydrogen) atoms. The Morgan fingerprint density at radius 3 is 2.57 bits per heavy atom. The number of thiophene rings is 1. The highest BCUT2D eigenvalue weighted by molar-refractivity contribution is 9.09. The first kappa shape index (κ1) is 14.8. The maximum atomic E-state index is 12.0. The van der Waals surface area contributed by atoms with Gasteiger partial charge in [-0.1, -0.05) is 28.1 Å². The van der Waals surface area contributed by atoms with E-state index in [-0.39, 0.29) is 10.7 Å². The van der Waals surface area contributed by atoms with Crippen LogP contribution in [0.1, 0.15) is 45.1 Å². The Hall–Kier alpha value is -1.13. The lowest BCUT2D eigenvalue weighted by molar-refractivity contribution is -0.119. The molecule has 1 aromatic heterocycles. The van der Waals surface area contributed by atoms with E-state index in [1.165, 1.54) is 20.9 Å². The Morgan fingerprint density at radius 1 is 1.24 bits per heavy atom. The molecular formula is C17H18BrNOS. The zero-order chi connectivity index (χ0) is 15.4. The SMILES string of the molecule is Cc1cc(C(Br)c2ccc3c(c2)C(C)(C)C(=O)N3)sc1C. The first-order chi connectivity index (χ1) is 9.80. The highest BCUT2D eigenvalue weighted by Gasteiger charge is 2.38. The molecular weight excluding hydrogens is 346 g/mol. The minimum absolute atomic E-state index is 0.0728. The number of halogens is 1. The van der Waals surface area contributed by atoms with Crippen molar-refractivity contribution < 1.29 is 4.79 Å². The Bertz CT molecular complexity index is 713. The number of carbonyl (C=O) groups is 1. The number of nitrogens with one attached hydrogen (secondary N) is 1. The van der Waals surface area contributed by atoms with Gasteiger partial charge in [-0.2, -0.15) is 0 Å². The van der Waals surface area contributed by atoms with Crippen molar-refractivity contribution in [1.29, 1.82) is 0 Å². The molecule has 0 saturated carbocycles. The number of amides is 1. The van der Waals surface area contributed by atoms with E-state index in [9.17, 15) is 4.79 Å². The highest BCUT2D eigenvalue weighted by Crippen LogP contribution is 2.42. The van der Waals surface area contributed by atoms with Gasteiger partial charge in [-0.25, -0.2) is 0 Å². The minimum Gasteiger partial charge on any atom is -0.325 e. The summed E-state index contributed by atoms with van der Waals surface area (Å²) in [7, 11) is 0. The molecule has 0 aliphatic carbocycles. The molecule has 0 bridgehead atoms. The summed E-state index contributed by atoms with van der Waals surface area (Å²) >= 11 is 5.63. The van der Waals surface area contributed by atoms with E-state index in [1.807, 2.05) is 31.3 Å². The molecule has 0 radical (unpaired) electrons. The molecule has 1 amide bonds. The van der Waals surface area contributed by atoms with Gasteiger partial charge in [-0.15, -0.1) is 11.3 Å². The number of anilines is 1. The summed E-state index contributed by atoms with van der Waals surface area (Å²) in [5, 5.41) is 2.96. The predicted octanol–water partition coefficient (Wildman–Crippen LogP) is 5.08. The monoisotopic (exact) mass is 363 g/mol. The van der Waals surface area contributed by atoms with Gasteiger partial charge in [0.25, 0.3) is 0 Å². The minimum atomic E-state index is -0.459. The summed E-state index contributed by atoms with van der Waals surface area (Å²) in [6.07, 6.45) is 0. The van der Waals surface area contributed by atoms with Crippen molar-refractivity contribution in [1.82, 2.24) is 0 Å². The number of benzene rings is 1. The maximum absolute atomic E-state index is 12.0. The van der Waals surface area contributed by atoms with Crippen LogP contribution in [0.4, 0.5) is 5.69 Å². The van der Waals surface area contributed by atoms with Gasteiger partial charge >= 0.3 is 0 Å². The quantitative estimate of drug-likeness (QED) is 0.740. The van der Waals surface area contributed by atoms with Crippen LogP contribution in [0.5, 0.6) is 0 Å². The topological polar surface area (TPSA) is 29.1 Å². The van der Waals surface area contributed by atoms with Crippen LogP contribution in [0.25, 0.3) is 0 Å². The molecule has 1 aromatic carbocycles. The molecule has 2 heterocycles. The lowest BCUT2D eigenvalue weighted by atomic mass is 9.85. The van der Waals surface area contributed by atoms with E-state index in [0.29, 0.717) is 0 Å². The van der Waals surface area contributed by atoms with E-state index < -0.39 is 5.41 Å². The largest absolute Gasteiger partial charge is 0.325 e. The van der Waals surface area contributed by atoms with Crippen LogP contribution in [0, 0.1) is 13.8 Å².